The van der Waals surface area contributed by atoms with Crippen LogP contribution in [-0.2, 0) is 14.8 Å². The summed E-state index contributed by atoms with van der Waals surface area (Å²) in [5, 5.41) is 3.22. The first-order valence-electron chi connectivity index (χ1n) is 4.71. The van der Waals surface area contributed by atoms with Crippen LogP contribution >= 0.6 is 23.4 Å². The molecule has 1 aromatic rings. The number of benzene rings is 1. The summed E-state index contributed by atoms with van der Waals surface area (Å²) in [6.07, 6.45) is 0. The third-order valence-corrected chi connectivity index (χ3v) is 4.58. The molecular formula is C9H8ClN3O3S2. The summed E-state index contributed by atoms with van der Waals surface area (Å²) >= 11 is 6.66. The number of hydrogen-bond donors (Lipinski definition) is 2. The zero-order chi connectivity index (χ0) is 13.3. The third kappa shape index (κ3) is 2.77. The van der Waals surface area contributed by atoms with Crippen LogP contribution in [0.4, 0.5) is 5.69 Å². The number of sulfonamides is 1. The monoisotopic (exact) mass is 305 g/mol. The number of amidine groups is 1. The van der Waals surface area contributed by atoms with Crippen LogP contribution in [0.1, 0.15) is 0 Å². The van der Waals surface area contributed by atoms with E-state index in [0.29, 0.717) is 10.7 Å². The van der Waals surface area contributed by atoms with E-state index in [0.717, 1.165) is 11.8 Å². The van der Waals surface area contributed by atoms with Crippen LogP contribution in [0.25, 0.3) is 0 Å². The van der Waals surface area contributed by atoms with E-state index in [1.807, 2.05) is 0 Å². The van der Waals surface area contributed by atoms with Crippen molar-refractivity contribution in [2.24, 2.45) is 10.1 Å². The molecule has 18 heavy (non-hydrogen) atoms. The second-order valence-corrected chi connectivity index (χ2v) is 6.36. The Morgan fingerprint density at radius 1 is 1.50 bits per heavy atom. The number of anilines is 1. The highest BCUT2D eigenvalue weighted by molar-refractivity contribution is 8.15. The maximum atomic E-state index is 11.9. The zero-order valence-electron chi connectivity index (χ0n) is 8.88. The lowest BCUT2D eigenvalue weighted by Gasteiger charge is -2.17. The van der Waals surface area contributed by atoms with Crippen molar-refractivity contribution in [3.63, 3.8) is 0 Å². The van der Waals surface area contributed by atoms with Crippen molar-refractivity contribution in [3.8, 4) is 0 Å². The molecule has 0 spiro atoms. The number of amides is 1. The Morgan fingerprint density at radius 2 is 2.22 bits per heavy atom. The summed E-state index contributed by atoms with van der Waals surface area (Å²) in [5.74, 6) is -0.603. The van der Waals surface area contributed by atoms with Gasteiger partial charge in [-0.2, -0.15) is 8.42 Å². The molecule has 0 saturated heterocycles. The van der Waals surface area contributed by atoms with Gasteiger partial charge >= 0.3 is 0 Å². The fourth-order valence-corrected chi connectivity index (χ4v) is 3.55. The van der Waals surface area contributed by atoms with Crippen molar-refractivity contribution in [2.45, 2.75) is 4.90 Å². The van der Waals surface area contributed by atoms with Gasteiger partial charge in [0.25, 0.3) is 10.0 Å². The van der Waals surface area contributed by atoms with E-state index in [4.69, 9.17) is 17.3 Å². The number of nitrogens with zero attached hydrogens (tertiary/aromatic N) is 1. The van der Waals surface area contributed by atoms with Crippen molar-refractivity contribution in [1.29, 1.82) is 0 Å². The second-order valence-electron chi connectivity index (χ2n) is 3.39. The fourth-order valence-electron chi connectivity index (χ4n) is 1.31. The first kappa shape index (κ1) is 13.2. The molecule has 0 aliphatic carbocycles. The van der Waals surface area contributed by atoms with E-state index in [2.05, 4.69) is 9.71 Å². The molecule has 3 N–H and O–H groups in total. The molecule has 0 aromatic heterocycles. The molecule has 0 unspecified atom stereocenters. The minimum atomic E-state index is -3.79. The minimum absolute atomic E-state index is 0.0124. The lowest BCUT2D eigenvalue weighted by Crippen LogP contribution is -2.22. The number of halogens is 1. The second kappa shape index (κ2) is 4.79. The molecule has 0 radical (unpaired) electrons. The molecule has 0 atom stereocenters. The van der Waals surface area contributed by atoms with Gasteiger partial charge in [-0.3, -0.25) is 4.79 Å². The summed E-state index contributed by atoms with van der Waals surface area (Å²) in [7, 11) is -3.79. The topological polar surface area (TPSA) is 102 Å². The summed E-state index contributed by atoms with van der Waals surface area (Å²) < 4.78 is 27.3. The highest BCUT2D eigenvalue weighted by Gasteiger charge is 2.25. The van der Waals surface area contributed by atoms with E-state index in [1.165, 1.54) is 12.1 Å². The quantitative estimate of drug-likeness (QED) is 0.849. The molecular weight excluding hydrogens is 298 g/mol. The normalized spacial score (nSPS) is 16.4. The van der Waals surface area contributed by atoms with Crippen LogP contribution in [0, 0.1) is 0 Å². The Hall–Kier alpha value is -1.25. The predicted octanol–water partition coefficient (Wildman–Crippen LogP) is 1.03. The van der Waals surface area contributed by atoms with Gasteiger partial charge in [-0.05, 0) is 18.2 Å². The first-order valence-corrected chi connectivity index (χ1v) is 7.51. The van der Waals surface area contributed by atoms with Crippen molar-refractivity contribution in [1.82, 2.24) is 0 Å². The maximum absolute atomic E-state index is 11.9. The number of hydrogen-bond acceptors (Lipinski definition) is 5. The molecule has 0 fully saturated rings. The van der Waals surface area contributed by atoms with E-state index >= 15 is 0 Å². The number of nitrogens with one attached hydrogen (secondary N) is 1. The highest BCUT2D eigenvalue weighted by Crippen LogP contribution is 2.31. The number of fused-ring (bicyclic) bond motifs is 1. The predicted molar refractivity (Wildman–Crippen MR) is 71.3 cm³/mol. The Labute approximate surface area is 113 Å². The number of primary amides is 1. The van der Waals surface area contributed by atoms with Crippen LogP contribution in [0.2, 0.25) is 5.02 Å². The van der Waals surface area contributed by atoms with Crippen LogP contribution in [0.15, 0.2) is 27.5 Å². The molecule has 0 bridgehead atoms. The van der Waals surface area contributed by atoms with Gasteiger partial charge in [0.1, 0.15) is 4.90 Å². The number of carbonyl (C=O) groups is 1. The molecule has 0 saturated carbocycles. The van der Waals surface area contributed by atoms with Crippen molar-refractivity contribution < 1.29 is 13.2 Å². The molecule has 6 nitrogen and oxygen atoms in total. The molecule has 1 amide bonds. The van der Waals surface area contributed by atoms with Gasteiger partial charge in [-0.1, -0.05) is 23.4 Å². The number of rotatable bonds is 2. The number of carbonyl (C=O) groups excluding carboxylic acids is 1. The van der Waals surface area contributed by atoms with Gasteiger partial charge < -0.3 is 11.1 Å². The summed E-state index contributed by atoms with van der Waals surface area (Å²) in [6.45, 7) is 0. The smallest absolute Gasteiger partial charge is 0.286 e. The molecule has 1 aliphatic heterocycles. The molecule has 96 valence electrons. The van der Waals surface area contributed by atoms with Gasteiger partial charge in [0.2, 0.25) is 5.91 Å². The van der Waals surface area contributed by atoms with Gasteiger partial charge in [0.05, 0.1) is 11.4 Å². The summed E-state index contributed by atoms with van der Waals surface area (Å²) in [4.78, 5) is 10.7. The third-order valence-electron chi connectivity index (χ3n) is 2.02. The Balaban J connectivity index is 2.36. The Morgan fingerprint density at radius 3 is 2.89 bits per heavy atom. The largest absolute Gasteiger partial charge is 0.369 e. The lowest BCUT2D eigenvalue weighted by molar-refractivity contribution is -0.115. The van der Waals surface area contributed by atoms with Gasteiger partial charge in [0, 0.05) is 5.02 Å². The van der Waals surface area contributed by atoms with E-state index in [1.54, 1.807) is 6.07 Å². The fraction of sp³-hybridized carbons (Fsp3) is 0.111. The number of nitrogens with two attached hydrogens (primary N) is 1. The van der Waals surface area contributed by atoms with Crippen molar-refractivity contribution >= 4 is 50.1 Å². The zero-order valence-corrected chi connectivity index (χ0v) is 11.3. The minimum Gasteiger partial charge on any atom is -0.369 e. The highest BCUT2D eigenvalue weighted by atomic mass is 35.5. The van der Waals surface area contributed by atoms with Crippen LogP contribution in [0.3, 0.4) is 0 Å². The van der Waals surface area contributed by atoms with Crippen molar-refractivity contribution in [2.75, 3.05) is 11.1 Å². The van der Waals surface area contributed by atoms with Gasteiger partial charge in [-0.15, -0.1) is 4.40 Å². The average molecular weight is 306 g/mol. The van der Waals surface area contributed by atoms with Gasteiger partial charge in [-0.25, -0.2) is 0 Å². The Kier molecular flexibility index (Phi) is 3.51. The summed E-state index contributed by atoms with van der Waals surface area (Å²) in [5.41, 5.74) is 5.36. The van der Waals surface area contributed by atoms with Crippen LogP contribution in [0.5, 0.6) is 0 Å². The van der Waals surface area contributed by atoms with E-state index in [-0.39, 0.29) is 15.8 Å². The van der Waals surface area contributed by atoms with E-state index in [9.17, 15) is 13.2 Å². The molecule has 1 aromatic carbocycles. The van der Waals surface area contributed by atoms with Crippen molar-refractivity contribution in [3.05, 3.63) is 23.2 Å². The SMILES string of the molecule is NC(=O)CSC1=NS(=O)(=O)c2cc(Cl)ccc2N1. The van der Waals surface area contributed by atoms with Crippen LogP contribution in [-0.4, -0.2) is 25.2 Å². The average Bonchev–Trinajstić information content (AvgIpc) is 2.27. The molecule has 2 rings (SSSR count). The summed E-state index contributed by atoms with van der Waals surface area (Å²) in [6, 6.07) is 4.41. The van der Waals surface area contributed by atoms with E-state index < -0.39 is 15.9 Å². The first-order chi connectivity index (χ1) is 8.38. The number of thioether (sulfide) groups is 1. The maximum Gasteiger partial charge on any atom is 0.286 e. The lowest BCUT2D eigenvalue weighted by atomic mass is 10.3. The molecule has 9 heteroatoms. The molecule has 1 aliphatic rings. The Bertz CT molecular complexity index is 642. The molecule has 1 heterocycles. The van der Waals surface area contributed by atoms with Gasteiger partial charge in [0.15, 0.2) is 5.17 Å². The standard InChI is InChI=1S/C9H8ClN3O3S2/c10-5-1-2-6-7(3-5)18(15,16)13-9(12-6)17-4-8(11)14/h1-3H,4H2,(H2,11,14)(H,12,13). The van der Waals surface area contributed by atoms with Crippen LogP contribution < -0.4 is 11.1 Å².